The monoisotopic (exact) mass is 384 g/mol. The summed E-state index contributed by atoms with van der Waals surface area (Å²) in [7, 11) is 0. The number of aryl methyl sites for hydroxylation is 1. The molecule has 0 aliphatic carbocycles. The fourth-order valence-electron chi connectivity index (χ4n) is 3.75. The van der Waals surface area contributed by atoms with E-state index in [0.717, 1.165) is 4.90 Å². The van der Waals surface area contributed by atoms with Gasteiger partial charge in [0, 0.05) is 19.3 Å². The number of imide groups is 2. The van der Waals surface area contributed by atoms with Crippen molar-refractivity contribution >= 4 is 29.4 Å². The maximum absolute atomic E-state index is 13.0. The summed E-state index contributed by atoms with van der Waals surface area (Å²) < 4.78 is 0. The van der Waals surface area contributed by atoms with Crippen LogP contribution in [-0.2, 0) is 20.8 Å². The molecule has 1 atom stereocenters. The number of hydrogen-bond donors (Lipinski definition) is 1. The van der Waals surface area contributed by atoms with Crippen LogP contribution in [-0.4, -0.2) is 40.4 Å². The molecule has 7 nitrogen and oxygen atoms in total. The third-order valence-electron chi connectivity index (χ3n) is 4.96. The first kappa shape index (κ1) is 19.9. The Labute approximate surface area is 163 Å². The lowest BCUT2D eigenvalue weighted by atomic mass is 9.88. The van der Waals surface area contributed by atoms with Crippen molar-refractivity contribution in [2.24, 2.45) is 5.41 Å². The topological polar surface area (TPSA) is 101 Å². The zero-order valence-corrected chi connectivity index (χ0v) is 16.3. The van der Waals surface area contributed by atoms with Gasteiger partial charge in [-0.2, -0.15) is 0 Å². The van der Waals surface area contributed by atoms with E-state index in [0.29, 0.717) is 18.4 Å². The van der Waals surface area contributed by atoms with Crippen LogP contribution in [0.15, 0.2) is 18.2 Å². The van der Waals surface area contributed by atoms with Crippen LogP contribution in [0.4, 0.5) is 0 Å². The average Bonchev–Trinajstić information content (AvgIpc) is 2.84. The number of benzene rings is 1. The van der Waals surface area contributed by atoms with Crippen molar-refractivity contribution in [1.82, 2.24) is 10.2 Å². The molecule has 1 aromatic carbocycles. The molecule has 1 N–H and O–H groups in total. The molecule has 1 aromatic rings. The Morgan fingerprint density at radius 2 is 1.86 bits per heavy atom. The van der Waals surface area contributed by atoms with Crippen LogP contribution < -0.4 is 5.32 Å². The predicted octanol–water partition coefficient (Wildman–Crippen LogP) is 2.03. The number of amides is 4. The number of piperidine rings is 1. The fourth-order valence-corrected chi connectivity index (χ4v) is 3.75. The Hall–Kier alpha value is -2.83. The van der Waals surface area contributed by atoms with Crippen LogP contribution in [0.1, 0.15) is 72.7 Å². The molecular weight excluding hydrogens is 360 g/mol. The molecule has 1 saturated heterocycles. The Bertz CT molecular complexity index is 881. The number of hydrogen-bond acceptors (Lipinski definition) is 5. The van der Waals surface area contributed by atoms with Crippen molar-refractivity contribution < 1.29 is 24.0 Å². The van der Waals surface area contributed by atoms with E-state index in [1.807, 2.05) is 20.8 Å². The largest absolute Gasteiger partial charge is 0.300 e. The molecule has 2 heterocycles. The van der Waals surface area contributed by atoms with E-state index >= 15 is 0 Å². The van der Waals surface area contributed by atoms with Crippen LogP contribution in [0.5, 0.6) is 0 Å². The van der Waals surface area contributed by atoms with Crippen LogP contribution in [0.25, 0.3) is 0 Å². The first-order valence-corrected chi connectivity index (χ1v) is 9.43. The molecule has 0 bridgehead atoms. The first-order valence-electron chi connectivity index (χ1n) is 9.43. The minimum absolute atomic E-state index is 0.0813. The van der Waals surface area contributed by atoms with Crippen molar-refractivity contribution in [3.63, 3.8) is 0 Å². The highest BCUT2D eigenvalue weighted by Gasteiger charge is 2.45. The van der Waals surface area contributed by atoms with E-state index in [2.05, 4.69) is 5.32 Å². The lowest BCUT2D eigenvalue weighted by Gasteiger charge is -2.27. The second-order valence-corrected chi connectivity index (χ2v) is 8.56. The summed E-state index contributed by atoms with van der Waals surface area (Å²) in [5.41, 5.74) is 1.04. The SMILES string of the molecule is CC(C)(C)CC(=O)CCc1cccc2c1C(=O)N(C1CCC(=O)NC1=O)C2=O. The normalized spacial score (nSPS) is 19.7. The van der Waals surface area contributed by atoms with Gasteiger partial charge in [-0.15, -0.1) is 0 Å². The van der Waals surface area contributed by atoms with Gasteiger partial charge in [0.15, 0.2) is 0 Å². The summed E-state index contributed by atoms with van der Waals surface area (Å²) in [5.74, 6) is -2.00. The summed E-state index contributed by atoms with van der Waals surface area (Å²) >= 11 is 0. The maximum atomic E-state index is 13.0. The molecule has 0 radical (unpaired) electrons. The van der Waals surface area contributed by atoms with E-state index in [9.17, 15) is 24.0 Å². The first-order chi connectivity index (χ1) is 13.1. The molecule has 28 heavy (non-hydrogen) atoms. The van der Waals surface area contributed by atoms with Crippen molar-refractivity contribution in [2.45, 2.75) is 58.9 Å². The third kappa shape index (κ3) is 3.88. The highest BCUT2D eigenvalue weighted by molar-refractivity contribution is 6.24. The van der Waals surface area contributed by atoms with Gasteiger partial charge in [-0.1, -0.05) is 32.9 Å². The third-order valence-corrected chi connectivity index (χ3v) is 4.96. The highest BCUT2D eigenvalue weighted by atomic mass is 16.2. The lowest BCUT2D eigenvalue weighted by Crippen LogP contribution is -2.54. The summed E-state index contributed by atoms with van der Waals surface area (Å²) in [5, 5.41) is 2.18. The maximum Gasteiger partial charge on any atom is 0.262 e. The van der Waals surface area contributed by atoms with Crippen molar-refractivity contribution in [3.05, 3.63) is 34.9 Å². The average molecular weight is 384 g/mol. The van der Waals surface area contributed by atoms with Crippen LogP contribution in [0.3, 0.4) is 0 Å². The van der Waals surface area contributed by atoms with E-state index in [4.69, 9.17) is 0 Å². The number of ketones is 1. The minimum atomic E-state index is -0.986. The zero-order valence-electron chi connectivity index (χ0n) is 16.3. The van der Waals surface area contributed by atoms with E-state index < -0.39 is 29.7 Å². The van der Waals surface area contributed by atoms with Gasteiger partial charge in [-0.3, -0.25) is 34.2 Å². The Morgan fingerprint density at radius 1 is 1.14 bits per heavy atom. The lowest BCUT2D eigenvalue weighted by molar-refractivity contribution is -0.136. The Morgan fingerprint density at radius 3 is 2.50 bits per heavy atom. The van der Waals surface area contributed by atoms with Gasteiger partial charge in [-0.25, -0.2) is 0 Å². The van der Waals surface area contributed by atoms with E-state index in [1.54, 1.807) is 18.2 Å². The Kier molecular flexibility index (Phi) is 5.19. The van der Waals surface area contributed by atoms with Gasteiger partial charge in [0.2, 0.25) is 11.8 Å². The molecule has 1 unspecified atom stereocenters. The molecule has 2 aliphatic heterocycles. The molecule has 7 heteroatoms. The number of carbonyl (C=O) groups excluding carboxylic acids is 5. The number of rotatable bonds is 5. The van der Waals surface area contributed by atoms with Crippen molar-refractivity contribution in [1.29, 1.82) is 0 Å². The van der Waals surface area contributed by atoms with Gasteiger partial charge in [-0.05, 0) is 29.9 Å². The summed E-state index contributed by atoms with van der Waals surface area (Å²) in [6.45, 7) is 5.97. The highest BCUT2D eigenvalue weighted by Crippen LogP contribution is 2.30. The predicted molar refractivity (Wildman–Crippen MR) is 101 cm³/mol. The summed E-state index contributed by atoms with van der Waals surface area (Å²) in [6, 6.07) is 3.99. The number of nitrogens with one attached hydrogen (secondary N) is 1. The molecule has 1 fully saturated rings. The molecule has 0 saturated carbocycles. The quantitative estimate of drug-likeness (QED) is 0.783. The van der Waals surface area contributed by atoms with Crippen LogP contribution >= 0.6 is 0 Å². The van der Waals surface area contributed by atoms with Gasteiger partial charge >= 0.3 is 0 Å². The van der Waals surface area contributed by atoms with Gasteiger partial charge in [0.05, 0.1) is 11.1 Å². The molecule has 148 valence electrons. The molecule has 0 spiro atoms. The smallest absolute Gasteiger partial charge is 0.262 e. The van der Waals surface area contributed by atoms with E-state index in [-0.39, 0.29) is 41.6 Å². The minimum Gasteiger partial charge on any atom is -0.300 e. The van der Waals surface area contributed by atoms with E-state index in [1.165, 1.54) is 0 Å². The van der Waals surface area contributed by atoms with Crippen molar-refractivity contribution in [2.75, 3.05) is 0 Å². The second kappa shape index (κ2) is 7.30. The number of carbonyl (C=O) groups is 5. The van der Waals surface area contributed by atoms with Crippen molar-refractivity contribution in [3.8, 4) is 0 Å². The fraction of sp³-hybridized carbons (Fsp3) is 0.476. The molecule has 3 rings (SSSR count). The van der Waals surface area contributed by atoms with Crippen LogP contribution in [0, 0.1) is 5.41 Å². The molecular formula is C21H24N2O5. The standard InChI is InChI=1S/C21H24N2O5/c1-21(2,3)11-13(24)8-7-12-5-4-6-14-17(12)20(28)23(19(14)27)15-9-10-16(25)22-18(15)26/h4-6,15H,7-11H2,1-3H3,(H,22,25,26). The molecule has 0 aromatic heterocycles. The molecule has 4 amide bonds. The van der Waals surface area contributed by atoms with Gasteiger partial charge in [0.25, 0.3) is 11.8 Å². The van der Waals surface area contributed by atoms with Gasteiger partial charge in [0.1, 0.15) is 11.8 Å². The number of Topliss-reactive ketones (excluding diaryl/α,β-unsaturated/α-hetero) is 1. The second-order valence-electron chi connectivity index (χ2n) is 8.56. The Balaban J connectivity index is 1.81. The zero-order chi connectivity index (χ0) is 20.6. The summed E-state index contributed by atoms with van der Waals surface area (Å²) in [4.78, 5) is 62.4. The van der Waals surface area contributed by atoms with Crippen LogP contribution in [0.2, 0.25) is 0 Å². The number of nitrogens with zero attached hydrogens (tertiary/aromatic N) is 1. The van der Waals surface area contributed by atoms with Gasteiger partial charge < -0.3 is 0 Å². The number of fused-ring (bicyclic) bond motifs is 1. The molecule has 2 aliphatic rings. The summed E-state index contributed by atoms with van der Waals surface area (Å²) in [6.07, 6.45) is 1.29.